The summed E-state index contributed by atoms with van der Waals surface area (Å²) in [5.74, 6) is -0.402. The highest BCUT2D eigenvalue weighted by molar-refractivity contribution is 5.17. The molecule has 0 saturated heterocycles. The van der Waals surface area contributed by atoms with Gasteiger partial charge in [-0.15, -0.1) is 0 Å². The Bertz CT molecular complexity index is 691. The Kier molecular flexibility index (Phi) is 3.91. The maximum absolute atomic E-state index is 13.5. The molecule has 1 aromatic heterocycles. The second kappa shape index (κ2) is 5.62. The Labute approximate surface area is 108 Å². The molecule has 5 nitrogen and oxygen atoms in total. The van der Waals surface area contributed by atoms with Crippen molar-refractivity contribution in [2.45, 2.75) is 13.1 Å². The standard InChI is InChI=1S/C13H14FN3O2/c14-11-4-2-1-3-10(11)9-17-8-7-16(6-5-15)12(18)13(17)19/h1-4,7-8H,5-6,9,15H2. The fourth-order valence-corrected chi connectivity index (χ4v) is 1.79. The molecule has 0 atom stereocenters. The number of benzene rings is 1. The van der Waals surface area contributed by atoms with Crippen LogP contribution < -0.4 is 16.9 Å². The fraction of sp³-hybridized carbons (Fsp3) is 0.231. The third-order valence-corrected chi connectivity index (χ3v) is 2.80. The molecule has 0 spiro atoms. The van der Waals surface area contributed by atoms with Gasteiger partial charge in [0.15, 0.2) is 0 Å². The molecule has 2 aromatic rings. The van der Waals surface area contributed by atoms with Gasteiger partial charge in [-0.25, -0.2) is 4.39 Å². The van der Waals surface area contributed by atoms with Crippen LogP contribution >= 0.6 is 0 Å². The van der Waals surface area contributed by atoms with Crippen LogP contribution in [0.2, 0.25) is 0 Å². The van der Waals surface area contributed by atoms with Crippen molar-refractivity contribution in [3.8, 4) is 0 Å². The van der Waals surface area contributed by atoms with Gasteiger partial charge in [0.1, 0.15) is 5.82 Å². The summed E-state index contributed by atoms with van der Waals surface area (Å²) >= 11 is 0. The van der Waals surface area contributed by atoms with E-state index in [4.69, 9.17) is 5.73 Å². The van der Waals surface area contributed by atoms with Gasteiger partial charge < -0.3 is 14.9 Å². The van der Waals surface area contributed by atoms with Crippen LogP contribution in [0.25, 0.3) is 0 Å². The highest BCUT2D eigenvalue weighted by Gasteiger charge is 2.07. The normalized spacial score (nSPS) is 10.6. The zero-order chi connectivity index (χ0) is 13.8. The lowest BCUT2D eigenvalue weighted by atomic mass is 10.2. The zero-order valence-corrected chi connectivity index (χ0v) is 10.3. The fourth-order valence-electron chi connectivity index (χ4n) is 1.79. The van der Waals surface area contributed by atoms with Gasteiger partial charge in [-0.2, -0.15) is 0 Å². The average molecular weight is 263 g/mol. The van der Waals surface area contributed by atoms with Gasteiger partial charge in [-0.3, -0.25) is 9.59 Å². The number of aromatic nitrogens is 2. The van der Waals surface area contributed by atoms with Gasteiger partial charge in [0.2, 0.25) is 0 Å². The first-order valence-electron chi connectivity index (χ1n) is 5.87. The highest BCUT2D eigenvalue weighted by Crippen LogP contribution is 2.06. The summed E-state index contributed by atoms with van der Waals surface area (Å²) in [5, 5.41) is 0. The van der Waals surface area contributed by atoms with Crippen molar-refractivity contribution in [3.05, 3.63) is 68.7 Å². The van der Waals surface area contributed by atoms with E-state index in [1.54, 1.807) is 18.2 Å². The summed E-state index contributed by atoms with van der Waals surface area (Å²) in [6, 6.07) is 6.14. The number of hydrogen-bond donors (Lipinski definition) is 1. The van der Waals surface area contributed by atoms with E-state index in [2.05, 4.69) is 0 Å². The predicted molar refractivity (Wildman–Crippen MR) is 69.5 cm³/mol. The van der Waals surface area contributed by atoms with E-state index in [1.165, 1.54) is 27.6 Å². The van der Waals surface area contributed by atoms with Gasteiger partial charge in [0.25, 0.3) is 0 Å². The molecule has 100 valence electrons. The van der Waals surface area contributed by atoms with Crippen LogP contribution in [-0.2, 0) is 13.1 Å². The molecule has 2 N–H and O–H groups in total. The summed E-state index contributed by atoms with van der Waals surface area (Å²) in [6.07, 6.45) is 2.95. The highest BCUT2D eigenvalue weighted by atomic mass is 19.1. The average Bonchev–Trinajstić information content (AvgIpc) is 2.41. The van der Waals surface area contributed by atoms with E-state index in [9.17, 15) is 14.0 Å². The van der Waals surface area contributed by atoms with E-state index < -0.39 is 16.9 Å². The lowest BCUT2D eigenvalue weighted by Crippen LogP contribution is -2.41. The molecular formula is C13H14FN3O2. The van der Waals surface area contributed by atoms with Crippen molar-refractivity contribution in [3.63, 3.8) is 0 Å². The summed E-state index contributed by atoms with van der Waals surface area (Å²) in [5.41, 5.74) is 4.37. The first kappa shape index (κ1) is 13.2. The molecule has 0 amide bonds. The third-order valence-electron chi connectivity index (χ3n) is 2.80. The molecular weight excluding hydrogens is 249 g/mol. The van der Waals surface area contributed by atoms with Crippen LogP contribution in [0, 0.1) is 5.82 Å². The SMILES string of the molecule is NCCn1ccn(Cc2ccccc2F)c(=O)c1=O. The van der Waals surface area contributed by atoms with Gasteiger partial charge >= 0.3 is 11.1 Å². The molecule has 6 heteroatoms. The Morgan fingerprint density at radius 3 is 2.37 bits per heavy atom. The number of nitrogens with zero attached hydrogens (tertiary/aromatic N) is 2. The minimum absolute atomic E-state index is 0.0320. The van der Waals surface area contributed by atoms with E-state index in [1.807, 2.05) is 0 Å². The van der Waals surface area contributed by atoms with Crippen LogP contribution in [0.4, 0.5) is 4.39 Å². The van der Waals surface area contributed by atoms with Crippen LogP contribution in [-0.4, -0.2) is 15.7 Å². The van der Waals surface area contributed by atoms with Crippen molar-refractivity contribution in [2.24, 2.45) is 5.73 Å². The second-order valence-electron chi connectivity index (χ2n) is 4.11. The smallest absolute Gasteiger partial charge is 0.316 e. The molecule has 0 aliphatic rings. The van der Waals surface area contributed by atoms with Crippen LogP contribution in [0.15, 0.2) is 46.2 Å². The first-order valence-corrected chi connectivity index (χ1v) is 5.87. The van der Waals surface area contributed by atoms with E-state index in [0.717, 1.165) is 0 Å². The minimum atomic E-state index is -0.681. The largest absolute Gasteiger partial charge is 0.329 e. The van der Waals surface area contributed by atoms with E-state index >= 15 is 0 Å². The third kappa shape index (κ3) is 2.79. The van der Waals surface area contributed by atoms with Crippen LogP contribution in [0.1, 0.15) is 5.56 Å². The number of nitrogens with two attached hydrogens (primary N) is 1. The lowest BCUT2D eigenvalue weighted by Gasteiger charge is -2.08. The predicted octanol–water partition coefficient (Wildman–Crippen LogP) is 0.156. The maximum atomic E-state index is 13.5. The topological polar surface area (TPSA) is 70.0 Å². The molecule has 0 saturated carbocycles. The van der Waals surface area contributed by atoms with Crippen LogP contribution in [0.3, 0.4) is 0 Å². The molecule has 0 unspecified atom stereocenters. The first-order chi connectivity index (χ1) is 9.13. The van der Waals surface area contributed by atoms with E-state index in [-0.39, 0.29) is 19.6 Å². The quantitative estimate of drug-likeness (QED) is 0.799. The van der Waals surface area contributed by atoms with E-state index in [0.29, 0.717) is 5.56 Å². The molecule has 0 radical (unpaired) electrons. The van der Waals surface area contributed by atoms with Crippen molar-refractivity contribution >= 4 is 0 Å². The Morgan fingerprint density at radius 1 is 1.05 bits per heavy atom. The molecule has 0 aliphatic heterocycles. The molecule has 1 aromatic carbocycles. The zero-order valence-electron chi connectivity index (χ0n) is 10.3. The van der Waals surface area contributed by atoms with Gasteiger partial charge in [0.05, 0.1) is 6.54 Å². The summed E-state index contributed by atoms with van der Waals surface area (Å²) < 4.78 is 15.9. The summed E-state index contributed by atoms with van der Waals surface area (Å²) in [7, 11) is 0. The molecule has 19 heavy (non-hydrogen) atoms. The molecule has 1 heterocycles. The van der Waals surface area contributed by atoms with Crippen molar-refractivity contribution in [1.82, 2.24) is 9.13 Å². The Morgan fingerprint density at radius 2 is 1.68 bits per heavy atom. The number of halogens is 1. The van der Waals surface area contributed by atoms with Crippen molar-refractivity contribution in [1.29, 1.82) is 0 Å². The molecule has 2 rings (SSSR count). The van der Waals surface area contributed by atoms with Gasteiger partial charge in [-0.1, -0.05) is 18.2 Å². The summed E-state index contributed by atoms with van der Waals surface area (Å²) in [4.78, 5) is 23.6. The van der Waals surface area contributed by atoms with Gasteiger partial charge in [0, 0.05) is 31.0 Å². The molecule has 0 fully saturated rings. The number of hydrogen-bond acceptors (Lipinski definition) is 3. The monoisotopic (exact) mass is 263 g/mol. The number of rotatable bonds is 4. The van der Waals surface area contributed by atoms with Crippen molar-refractivity contribution < 1.29 is 4.39 Å². The minimum Gasteiger partial charge on any atom is -0.329 e. The second-order valence-corrected chi connectivity index (χ2v) is 4.11. The van der Waals surface area contributed by atoms with Crippen LogP contribution in [0.5, 0.6) is 0 Å². The molecule has 0 bridgehead atoms. The summed E-state index contributed by atoms with van der Waals surface area (Å²) in [6.45, 7) is 0.593. The maximum Gasteiger partial charge on any atom is 0.316 e. The Balaban J connectivity index is 2.38. The van der Waals surface area contributed by atoms with Crippen molar-refractivity contribution in [2.75, 3.05) is 6.54 Å². The lowest BCUT2D eigenvalue weighted by molar-refractivity contribution is 0.585. The molecule has 0 aliphatic carbocycles. The van der Waals surface area contributed by atoms with Gasteiger partial charge in [-0.05, 0) is 6.07 Å². The Hall–Kier alpha value is -2.21.